The average molecular weight is 714 g/mol. The zero-order valence-corrected chi connectivity index (χ0v) is 28.2. The van der Waals surface area contributed by atoms with Crippen molar-refractivity contribution in [3.05, 3.63) is 94.0 Å². The van der Waals surface area contributed by atoms with Crippen LogP contribution in [0, 0.1) is 0 Å². The fraction of sp³-hybridized carbons (Fsp3) is 0.378. The van der Waals surface area contributed by atoms with Gasteiger partial charge in [-0.25, -0.2) is 4.79 Å². The number of ketones is 1. The van der Waals surface area contributed by atoms with Crippen LogP contribution in [0.3, 0.4) is 0 Å². The van der Waals surface area contributed by atoms with Gasteiger partial charge in [-0.3, -0.25) is 19.3 Å². The molecule has 2 fully saturated rings. The Morgan fingerprint density at radius 2 is 1.73 bits per heavy atom. The minimum absolute atomic E-state index is 0.0112. The molecule has 3 aromatic rings. The minimum Gasteiger partial charge on any atom is -0.448 e. The van der Waals surface area contributed by atoms with E-state index in [-0.39, 0.29) is 38.0 Å². The van der Waals surface area contributed by atoms with E-state index in [9.17, 15) is 19.2 Å². The minimum atomic E-state index is -1.01. The quantitative estimate of drug-likeness (QED) is 0.269. The van der Waals surface area contributed by atoms with Crippen molar-refractivity contribution in [1.82, 2.24) is 15.5 Å². The number of oxime groups is 1. The number of hydrogen-bond donors (Lipinski definition) is 2. The van der Waals surface area contributed by atoms with E-state index in [1.807, 2.05) is 67.6 Å². The molecule has 3 aromatic carbocycles. The van der Waals surface area contributed by atoms with E-state index in [0.717, 1.165) is 45.1 Å². The molecule has 2 aliphatic carbocycles. The highest BCUT2D eigenvalue weighted by atomic mass is 79.9. The predicted molar refractivity (Wildman–Crippen MR) is 182 cm³/mol. The Balaban J connectivity index is 1.11. The fourth-order valence-corrected chi connectivity index (χ4v) is 7.46. The van der Waals surface area contributed by atoms with Gasteiger partial charge in [0.05, 0.1) is 18.3 Å². The van der Waals surface area contributed by atoms with Gasteiger partial charge in [-0.05, 0) is 53.6 Å². The van der Waals surface area contributed by atoms with Crippen LogP contribution in [0.15, 0.2) is 82.4 Å². The molecule has 1 spiro atoms. The van der Waals surface area contributed by atoms with Crippen LogP contribution in [0.25, 0.3) is 11.1 Å². The molecule has 0 aromatic heterocycles. The first-order valence-corrected chi connectivity index (χ1v) is 17.3. The van der Waals surface area contributed by atoms with E-state index < -0.39 is 41.4 Å². The number of nitrogens with zero attached hydrogens (tertiary/aromatic N) is 2. The zero-order chi connectivity index (χ0) is 33.4. The number of hydrogen-bond acceptors (Lipinski definition) is 7. The number of nitrogens with one attached hydrogen (secondary N) is 2. The van der Waals surface area contributed by atoms with Crippen molar-refractivity contribution >= 4 is 45.3 Å². The number of Topliss-reactive ketones (excluding diaryl/α,β-unsaturated/α-hetero) is 1. The van der Waals surface area contributed by atoms with Gasteiger partial charge >= 0.3 is 6.09 Å². The maximum atomic E-state index is 14.0. The van der Waals surface area contributed by atoms with E-state index >= 15 is 0 Å². The Bertz CT molecular complexity index is 1760. The summed E-state index contributed by atoms with van der Waals surface area (Å²) in [6.07, 6.45) is 2.41. The van der Waals surface area contributed by atoms with Gasteiger partial charge in [0.1, 0.15) is 12.6 Å². The summed E-state index contributed by atoms with van der Waals surface area (Å²) in [5.41, 5.74) is 5.00. The lowest BCUT2D eigenvalue weighted by molar-refractivity contribution is -0.140. The second kappa shape index (κ2) is 13.2. The Kier molecular flexibility index (Phi) is 8.80. The maximum absolute atomic E-state index is 14.0. The number of fused-ring (bicyclic) bond motifs is 3. The summed E-state index contributed by atoms with van der Waals surface area (Å²) in [5, 5.41) is 9.90. The fourth-order valence-electron chi connectivity index (χ4n) is 7.06. The summed E-state index contributed by atoms with van der Waals surface area (Å²) in [6, 6.07) is 21.9. The highest BCUT2D eigenvalue weighted by Gasteiger charge is 2.55. The molecular formula is C37H37BrN4O6. The van der Waals surface area contributed by atoms with Gasteiger partial charge in [-0.15, -0.1) is 0 Å². The first-order valence-electron chi connectivity index (χ1n) is 16.5. The highest BCUT2D eigenvalue weighted by Crippen LogP contribution is 2.45. The molecule has 1 saturated carbocycles. The Hall–Kier alpha value is -4.51. The molecule has 2 heterocycles. The third-order valence-corrected chi connectivity index (χ3v) is 10.1. The Morgan fingerprint density at radius 1 is 1.02 bits per heavy atom. The van der Waals surface area contributed by atoms with E-state index in [1.165, 1.54) is 4.90 Å². The zero-order valence-electron chi connectivity index (χ0n) is 26.6. The van der Waals surface area contributed by atoms with Crippen molar-refractivity contribution in [2.24, 2.45) is 5.16 Å². The third kappa shape index (κ3) is 6.35. The second-order valence-corrected chi connectivity index (χ2v) is 14.0. The van der Waals surface area contributed by atoms with E-state index in [1.54, 1.807) is 0 Å². The summed E-state index contributed by atoms with van der Waals surface area (Å²) in [7, 11) is 0. The second-order valence-electron chi connectivity index (χ2n) is 13.1. The Morgan fingerprint density at radius 3 is 2.40 bits per heavy atom. The number of likely N-dealkylation sites (tertiary alicyclic amines) is 1. The molecule has 4 aliphatic rings. The van der Waals surface area contributed by atoms with Crippen molar-refractivity contribution in [2.45, 2.75) is 75.1 Å². The lowest BCUT2D eigenvalue weighted by atomic mass is 9.91. The van der Waals surface area contributed by atoms with Gasteiger partial charge in [0, 0.05) is 34.8 Å². The van der Waals surface area contributed by atoms with Crippen LogP contribution in [0.2, 0.25) is 0 Å². The lowest BCUT2D eigenvalue weighted by Gasteiger charge is -2.26. The number of carbonyl (C=O) groups excluding carboxylic acids is 4. The monoisotopic (exact) mass is 712 g/mol. The normalized spacial score (nSPS) is 21.6. The van der Waals surface area contributed by atoms with Crippen LogP contribution in [0.4, 0.5) is 4.79 Å². The number of amides is 3. The first-order chi connectivity index (χ1) is 23.2. The number of ether oxygens (including phenoxy) is 1. The average Bonchev–Trinajstić information content (AvgIpc) is 3.55. The molecular weight excluding hydrogens is 676 g/mol. The molecule has 10 nitrogen and oxygen atoms in total. The summed E-state index contributed by atoms with van der Waals surface area (Å²) in [4.78, 5) is 61.1. The number of rotatable bonds is 10. The standard InChI is InChI=1S/C37H37BrN4O6/c1-2-8-30(33(43)35(45)39-24-15-16-24)40-34(44)32-19-37(18-31(41-48-37)22-9-7-10-23(38)17-22)21-42(32)36(46)47-20-29-27-13-5-3-11-25(27)26-12-4-6-14-28(26)29/h3-7,9-14,17,24,29-30,32H,2,8,15-16,18-21H2,1H3,(H,39,45)(H,40,44)/t30-,32-,37?/m0/s1. The van der Waals surface area contributed by atoms with Crippen molar-refractivity contribution < 1.29 is 28.8 Å². The van der Waals surface area contributed by atoms with Crippen molar-refractivity contribution in [3.63, 3.8) is 0 Å². The van der Waals surface area contributed by atoms with Crippen LogP contribution >= 0.6 is 15.9 Å². The van der Waals surface area contributed by atoms with Crippen molar-refractivity contribution in [2.75, 3.05) is 13.2 Å². The molecule has 7 rings (SSSR count). The molecule has 2 aliphatic heterocycles. The van der Waals surface area contributed by atoms with Gasteiger partial charge in [0.25, 0.3) is 5.91 Å². The summed E-state index contributed by atoms with van der Waals surface area (Å²) in [5.74, 6) is -2.07. The number of carbonyl (C=O) groups is 4. The van der Waals surface area contributed by atoms with E-state index in [4.69, 9.17) is 9.57 Å². The highest BCUT2D eigenvalue weighted by molar-refractivity contribution is 9.10. The molecule has 0 bridgehead atoms. The molecule has 2 N–H and O–H groups in total. The van der Waals surface area contributed by atoms with E-state index in [0.29, 0.717) is 18.6 Å². The number of halogens is 1. The molecule has 48 heavy (non-hydrogen) atoms. The van der Waals surface area contributed by atoms with Gasteiger partial charge < -0.3 is 20.2 Å². The Labute approximate surface area is 287 Å². The topological polar surface area (TPSA) is 126 Å². The lowest BCUT2D eigenvalue weighted by Crippen LogP contribution is -2.53. The van der Waals surface area contributed by atoms with Crippen LogP contribution in [-0.2, 0) is 24.0 Å². The SMILES string of the molecule is CCC[C@H](NC(=O)[C@@H]1CC2(CC(c3cccc(Br)c3)=NO2)CN1C(=O)OCC1c2ccccc2-c2ccccc21)C(=O)C(=O)NC1CC1. The summed E-state index contributed by atoms with van der Waals surface area (Å²) >= 11 is 3.51. The van der Waals surface area contributed by atoms with Crippen molar-refractivity contribution in [1.29, 1.82) is 0 Å². The molecule has 1 unspecified atom stereocenters. The van der Waals surface area contributed by atoms with E-state index in [2.05, 4.69) is 43.9 Å². The first kappa shape index (κ1) is 32.1. The summed E-state index contributed by atoms with van der Waals surface area (Å²) < 4.78 is 6.89. The van der Waals surface area contributed by atoms with Gasteiger partial charge in [-0.2, -0.15) is 0 Å². The van der Waals surface area contributed by atoms with Crippen molar-refractivity contribution in [3.8, 4) is 11.1 Å². The summed E-state index contributed by atoms with van der Waals surface area (Å²) in [6.45, 7) is 2.03. The molecule has 11 heteroatoms. The predicted octanol–water partition coefficient (Wildman–Crippen LogP) is 5.47. The van der Waals surface area contributed by atoms with Crippen LogP contribution in [0.5, 0.6) is 0 Å². The molecule has 3 amide bonds. The van der Waals surface area contributed by atoms with Crippen LogP contribution < -0.4 is 10.6 Å². The van der Waals surface area contributed by atoms with Gasteiger partial charge in [0.2, 0.25) is 11.7 Å². The molecule has 0 radical (unpaired) electrons. The largest absolute Gasteiger partial charge is 0.448 e. The third-order valence-electron chi connectivity index (χ3n) is 9.62. The van der Waals surface area contributed by atoms with Gasteiger partial charge in [0.15, 0.2) is 5.60 Å². The number of benzene rings is 3. The molecule has 248 valence electrons. The maximum Gasteiger partial charge on any atom is 0.410 e. The van der Waals surface area contributed by atoms with Crippen LogP contribution in [-0.4, -0.2) is 71.2 Å². The molecule has 3 atom stereocenters. The smallest absolute Gasteiger partial charge is 0.410 e. The van der Waals surface area contributed by atoms with Crippen LogP contribution in [0.1, 0.15) is 68.1 Å². The molecule has 1 saturated heterocycles. The van der Waals surface area contributed by atoms with Gasteiger partial charge in [-0.1, -0.05) is 95.1 Å².